The van der Waals surface area contributed by atoms with Gasteiger partial charge < -0.3 is 14.7 Å². The second-order valence-corrected chi connectivity index (χ2v) is 5.87. The van der Waals surface area contributed by atoms with E-state index in [1.165, 1.54) is 12.1 Å². The average Bonchev–Trinajstić information content (AvgIpc) is 2.53. The molecule has 1 heterocycles. The Kier molecular flexibility index (Phi) is 5.77. The Labute approximate surface area is 130 Å². The third kappa shape index (κ3) is 3.97. The summed E-state index contributed by atoms with van der Waals surface area (Å²) in [5.41, 5.74) is 0. The number of piperidine rings is 1. The van der Waals surface area contributed by atoms with Crippen molar-refractivity contribution in [3.8, 4) is 5.75 Å². The highest BCUT2D eigenvalue weighted by Gasteiger charge is 2.31. The molecular weight excluding hydrogens is 285 g/mol. The van der Waals surface area contributed by atoms with E-state index in [1.54, 1.807) is 24.0 Å². The van der Waals surface area contributed by atoms with E-state index < -0.39 is 18.0 Å². The van der Waals surface area contributed by atoms with Crippen LogP contribution in [0, 0.1) is 11.7 Å². The van der Waals surface area contributed by atoms with Crippen LogP contribution in [0.3, 0.4) is 0 Å². The average molecular weight is 309 g/mol. The molecule has 1 fully saturated rings. The summed E-state index contributed by atoms with van der Waals surface area (Å²) in [6.07, 6.45) is 1.15. The second-order valence-electron chi connectivity index (χ2n) is 5.87. The minimum Gasteiger partial charge on any atom is -0.478 e. The Morgan fingerprint density at radius 1 is 1.50 bits per heavy atom. The fourth-order valence-electron chi connectivity index (χ4n) is 2.81. The van der Waals surface area contributed by atoms with Crippen molar-refractivity contribution in [2.24, 2.45) is 5.92 Å². The molecule has 4 nitrogen and oxygen atoms in total. The van der Waals surface area contributed by atoms with Crippen molar-refractivity contribution in [2.45, 2.75) is 45.3 Å². The number of amides is 1. The predicted octanol–water partition coefficient (Wildman–Crippen LogP) is 2.60. The molecule has 0 spiro atoms. The lowest BCUT2D eigenvalue weighted by Crippen LogP contribution is -2.48. The lowest BCUT2D eigenvalue weighted by molar-refractivity contribution is -0.141. The van der Waals surface area contributed by atoms with Gasteiger partial charge in [-0.25, -0.2) is 4.39 Å². The van der Waals surface area contributed by atoms with Crippen LogP contribution in [0.1, 0.15) is 33.1 Å². The van der Waals surface area contributed by atoms with Crippen molar-refractivity contribution in [3.63, 3.8) is 0 Å². The summed E-state index contributed by atoms with van der Waals surface area (Å²) in [4.78, 5) is 14.3. The van der Waals surface area contributed by atoms with E-state index in [0.29, 0.717) is 19.5 Å². The number of ether oxygens (including phenoxy) is 1. The zero-order chi connectivity index (χ0) is 16.1. The number of aliphatic hydroxyl groups excluding tert-OH is 1. The topological polar surface area (TPSA) is 49.8 Å². The van der Waals surface area contributed by atoms with Gasteiger partial charge in [0.25, 0.3) is 5.91 Å². The Balaban J connectivity index is 2.04. The van der Waals surface area contributed by atoms with Crippen molar-refractivity contribution >= 4 is 5.91 Å². The molecule has 0 saturated carbocycles. The summed E-state index contributed by atoms with van der Waals surface area (Å²) >= 11 is 0. The Hall–Kier alpha value is -1.62. The molecule has 1 aromatic rings. The number of nitrogens with zero attached hydrogens (tertiary/aromatic N) is 1. The Bertz CT molecular complexity index is 506. The van der Waals surface area contributed by atoms with Gasteiger partial charge in [0.15, 0.2) is 17.7 Å². The molecule has 0 aliphatic carbocycles. The van der Waals surface area contributed by atoms with Gasteiger partial charge in [-0.3, -0.25) is 4.79 Å². The lowest BCUT2D eigenvalue weighted by Gasteiger charge is -2.36. The molecule has 1 amide bonds. The van der Waals surface area contributed by atoms with E-state index in [-0.39, 0.29) is 17.6 Å². The van der Waals surface area contributed by atoms with Gasteiger partial charge in [0.2, 0.25) is 0 Å². The largest absolute Gasteiger partial charge is 0.478 e. The standard InChI is InChI=1S/C17H24FNO3/c1-3-15(22-16-9-5-4-8-14(16)18)17(21)19-10-6-7-13(11-19)12(2)20/h4-5,8-9,12-13,15,20H,3,6-7,10-11H2,1-2H3. The van der Waals surface area contributed by atoms with E-state index >= 15 is 0 Å². The van der Waals surface area contributed by atoms with Crippen molar-refractivity contribution in [1.29, 1.82) is 0 Å². The van der Waals surface area contributed by atoms with Gasteiger partial charge in [0.05, 0.1) is 6.10 Å². The highest BCUT2D eigenvalue weighted by Crippen LogP contribution is 2.23. The molecule has 5 heteroatoms. The summed E-state index contributed by atoms with van der Waals surface area (Å²) < 4.78 is 19.3. The molecule has 1 aliphatic rings. The quantitative estimate of drug-likeness (QED) is 0.909. The molecule has 3 atom stereocenters. The maximum Gasteiger partial charge on any atom is 0.263 e. The number of carbonyl (C=O) groups excluding carboxylic acids is 1. The maximum atomic E-state index is 13.7. The first-order chi connectivity index (χ1) is 10.5. The number of hydrogen-bond donors (Lipinski definition) is 1. The van der Waals surface area contributed by atoms with Crippen LogP contribution in [0.4, 0.5) is 4.39 Å². The van der Waals surface area contributed by atoms with E-state index in [0.717, 1.165) is 12.8 Å². The first kappa shape index (κ1) is 16.7. The highest BCUT2D eigenvalue weighted by atomic mass is 19.1. The third-order valence-corrected chi connectivity index (χ3v) is 4.20. The molecule has 1 saturated heterocycles. The van der Waals surface area contributed by atoms with Crippen LogP contribution in [0.25, 0.3) is 0 Å². The number of para-hydroxylation sites is 1. The molecule has 22 heavy (non-hydrogen) atoms. The number of hydrogen-bond acceptors (Lipinski definition) is 3. The first-order valence-electron chi connectivity index (χ1n) is 7.91. The van der Waals surface area contributed by atoms with E-state index in [1.807, 2.05) is 6.92 Å². The van der Waals surface area contributed by atoms with Crippen molar-refractivity contribution < 1.29 is 19.0 Å². The van der Waals surface area contributed by atoms with Gasteiger partial charge in [0, 0.05) is 19.0 Å². The fourth-order valence-corrected chi connectivity index (χ4v) is 2.81. The maximum absolute atomic E-state index is 13.7. The number of carbonyl (C=O) groups is 1. The second kappa shape index (κ2) is 7.58. The fraction of sp³-hybridized carbons (Fsp3) is 0.588. The summed E-state index contributed by atoms with van der Waals surface area (Å²) in [6.45, 7) is 4.80. The van der Waals surface area contributed by atoms with Crippen LogP contribution >= 0.6 is 0 Å². The minimum absolute atomic E-state index is 0.101. The Morgan fingerprint density at radius 3 is 2.86 bits per heavy atom. The van der Waals surface area contributed by atoms with Crippen molar-refractivity contribution in [1.82, 2.24) is 4.90 Å². The van der Waals surface area contributed by atoms with Crippen molar-refractivity contribution in [3.05, 3.63) is 30.1 Å². The van der Waals surface area contributed by atoms with Crippen LogP contribution in [0.5, 0.6) is 5.75 Å². The molecular formula is C17H24FNO3. The normalized spacial score (nSPS) is 21.3. The number of benzene rings is 1. The van der Waals surface area contributed by atoms with Crippen LogP contribution < -0.4 is 4.74 Å². The molecule has 0 aromatic heterocycles. The van der Waals surface area contributed by atoms with E-state index in [9.17, 15) is 14.3 Å². The van der Waals surface area contributed by atoms with Crippen LogP contribution in [-0.4, -0.2) is 41.2 Å². The summed E-state index contributed by atoms with van der Waals surface area (Å²) in [7, 11) is 0. The van der Waals surface area contributed by atoms with Gasteiger partial charge in [-0.15, -0.1) is 0 Å². The predicted molar refractivity (Wildman–Crippen MR) is 82.1 cm³/mol. The van der Waals surface area contributed by atoms with Gasteiger partial charge in [-0.2, -0.15) is 0 Å². The first-order valence-corrected chi connectivity index (χ1v) is 7.91. The smallest absolute Gasteiger partial charge is 0.263 e. The van der Waals surface area contributed by atoms with Crippen LogP contribution in [-0.2, 0) is 4.79 Å². The van der Waals surface area contributed by atoms with Crippen LogP contribution in [0.2, 0.25) is 0 Å². The van der Waals surface area contributed by atoms with E-state index in [4.69, 9.17) is 4.74 Å². The number of likely N-dealkylation sites (tertiary alicyclic amines) is 1. The summed E-state index contributed by atoms with van der Waals surface area (Å²) in [5.74, 6) is -0.388. The SMILES string of the molecule is CCC(Oc1ccccc1F)C(=O)N1CCCC(C(C)O)C1. The molecule has 2 rings (SSSR count). The third-order valence-electron chi connectivity index (χ3n) is 4.20. The number of rotatable bonds is 5. The van der Waals surface area contributed by atoms with E-state index in [2.05, 4.69) is 0 Å². The van der Waals surface area contributed by atoms with Crippen LogP contribution in [0.15, 0.2) is 24.3 Å². The van der Waals surface area contributed by atoms with Gasteiger partial charge >= 0.3 is 0 Å². The Morgan fingerprint density at radius 2 is 2.23 bits per heavy atom. The number of halogens is 1. The minimum atomic E-state index is -0.690. The molecule has 0 radical (unpaired) electrons. The zero-order valence-electron chi connectivity index (χ0n) is 13.2. The molecule has 1 aromatic carbocycles. The lowest BCUT2D eigenvalue weighted by atomic mass is 9.93. The summed E-state index contributed by atoms with van der Waals surface area (Å²) in [6, 6.07) is 6.11. The number of aliphatic hydroxyl groups is 1. The molecule has 0 bridgehead atoms. The van der Waals surface area contributed by atoms with Crippen molar-refractivity contribution in [2.75, 3.05) is 13.1 Å². The van der Waals surface area contributed by atoms with Gasteiger partial charge in [-0.1, -0.05) is 19.1 Å². The molecule has 1 aliphatic heterocycles. The zero-order valence-corrected chi connectivity index (χ0v) is 13.2. The van der Waals surface area contributed by atoms with Gasteiger partial charge in [0.1, 0.15) is 0 Å². The highest BCUT2D eigenvalue weighted by molar-refractivity contribution is 5.81. The molecule has 1 N–H and O–H groups in total. The van der Waals surface area contributed by atoms with Gasteiger partial charge in [-0.05, 0) is 38.3 Å². The molecule has 122 valence electrons. The monoisotopic (exact) mass is 309 g/mol. The molecule has 3 unspecified atom stereocenters. The summed E-state index contributed by atoms with van der Waals surface area (Å²) in [5, 5.41) is 9.73.